The van der Waals surface area contributed by atoms with E-state index in [1.165, 1.54) is 0 Å². The van der Waals surface area contributed by atoms with Gasteiger partial charge in [-0.05, 0) is 42.0 Å². The molecule has 4 rings (SSSR count). The topological polar surface area (TPSA) is 89.8 Å². The first kappa shape index (κ1) is 18.6. The van der Waals surface area contributed by atoms with Crippen LogP contribution in [-0.4, -0.2) is 18.6 Å². The van der Waals surface area contributed by atoms with E-state index >= 15 is 0 Å². The maximum absolute atomic E-state index is 12.7. The second-order valence-electron chi connectivity index (χ2n) is 6.54. The number of para-hydroxylation sites is 1. The Morgan fingerprint density at radius 3 is 2.69 bits per heavy atom. The number of nitrogens with one attached hydrogen (secondary N) is 2. The van der Waals surface area contributed by atoms with Crippen molar-refractivity contribution in [3.05, 3.63) is 77.7 Å². The summed E-state index contributed by atoms with van der Waals surface area (Å²) in [6.07, 6.45) is 2.34. The van der Waals surface area contributed by atoms with Crippen LogP contribution in [0.15, 0.2) is 65.3 Å². The molecule has 0 saturated heterocycles. The third kappa shape index (κ3) is 4.57. The van der Waals surface area contributed by atoms with E-state index in [1.807, 2.05) is 24.3 Å². The summed E-state index contributed by atoms with van der Waals surface area (Å²) >= 11 is 0. The van der Waals surface area contributed by atoms with Crippen molar-refractivity contribution in [3.63, 3.8) is 0 Å². The van der Waals surface area contributed by atoms with Gasteiger partial charge in [0.05, 0.1) is 17.5 Å². The Hall–Kier alpha value is -3.74. The molecule has 0 spiro atoms. The Kier molecular flexibility index (Phi) is 5.47. The van der Waals surface area contributed by atoms with Crippen molar-refractivity contribution in [1.82, 2.24) is 5.32 Å². The maximum Gasteiger partial charge on any atom is 0.253 e. The van der Waals surface area contributed by atoms with Crippen molar-refractivity contribution in [2.45, 2.75) is 19.4 Å². The van der Waals surface area contributed by atoms with Crippen LogP contribution in [0.25, 0.3) is 0 Å². The standard InChI is InChI=1S/C22H20N2O5/c25-21(10-8-16-4-3-11-27-16)24-18-6-2-1-5-17(18)22(26)23-13-15-7-9-19-20(12-15)29-14-28-19/h1-7,9,11-12H,8,10,13-14H2,(H,23,26)(H,24,25). The van der Waals surface area contributed by atoms with Crippen molar-refractivity contribution < 1.29 is 23.5 Å². The summed E-state index contributed by atoms with van der Waals surface area (Å²) in [6.45, 7) is 0.536. The molecular formula is C22H20N2O5. The lowest BCUT2D eigenvalue weighted by Crippen LogP contribution is -2.25. The first-order valence-electron chi connectivity index (χ1n) is 9.27. The summed E-state index contributed by atoms with van der Waals surface area (Å²) in [6, 6.07) is 16.1. The summed E-state index contributed by atoms with van der Waals surface area (Å²) in [4.78, 5) is 24.9. The summed E-state index contributed by atoms with van der Waals surface area (Å²) in [5.74, 6) is 1.65. The van der Waals surface area contributed by atoms with Crippen LogP contribution in [0, 0.1) is 0 Å². The second kappa shape index (κ2) is 8.52. The zero-order valence-corrected chi connectivity index (χ0v) is 15.6. The molecule has 0 unspecified atom stereocenters. The van der Waals surface area contributed by atoms with Crippen LogP contribution in [0.2, 0.25) is 0 Å². The van der Waals surface area contributed by atoms with E-state index in [2.05, 4.69) is 10.6 Å². The van der Waals surface area contributed by atoms with E-state index in [0.717, 1.165) is 11.3 Å². The summed E-state index contributed by atoms with van der Waals surface area (Å²) in [5, 5.41) is 5.68. The fraction of sp³-hybridized carbons (Fsp3) is 0.182. The zero-order chi connectivity index (χ0) is 20.1. The van der Waals surface area contributed by atoms with Crippen LogP contribution >= 0.6 is 0 Å². The molecule has 0 saturated carbocycles. The molecule has 148 valence electrons. The lowest BCUT2D eigenvalue weighted by molar-refractivity contribution is -0.116. The first-order valence-corrected chi connectivity index (χ1v) is 9.27. The molecule has 0 bridgehead atoms. The molecule has 0 atom stereocenters. The van der Waals surface area contributed by atoms with E-state index in [9.17, 15) is 9.59 Å². The molecule has 3 aromatic rings. The van der Waals surface area contributed by atoms with Gasteiger partial charge in [-0.15, -0.1) is 0 Å². The van der Waals surface area contributed by atoms with Crippen LogP contribution in [0.4, 0.5) is 5.69 Å². The van der Waals surface area contributed by atoms with E-state index < -0.39 is 0 Å². The average molecular weight is 392 g/mol. The van der Waals surface area contributed by atoms with Crippen LogP contribution in [0.1, 0.15) is 28.1 Å². The largest absolute Gasteiger partial charge is 0.469 e. The predicted molar refractivity (Wildman–Crippen MR) is 106 cm³/mol. The van der Waals surface area contributed by atoms with Gasteiger partial charge in [-0.2, -0.15) is 0 Å². The highest BCUT2D eigenvalue weighted by Gasteiger charge is 2.15. The number of carbonyl (C=O) groups is 2. The summed E-state index contributed by atoms with van der Waals surface area (Å²) in [5.41, 5.74) is 1.77. The van der Waals surface area contributed by atoms with E-state index in [1.54, 1.807) is 36.6 Å². The van der Waals surface area contributed by atoms with E-state index in [4.69, 9.17) is 13.9 Å². The van der Waals surface area contributed by atoms with Crippen molar-refractivity contribution in [1.29, 1.82) is 0 Å². The number of ether oxygens (including phenoxy) is 2. The lowest BCUT2D eigenvalue weighted by Gasteiger charge is -2.11. The molecular weight excluding hydrogens is 372 g/mol. The fourth-order valence-corrected chi connectivity index (χ4v) is 3.02. The molecule has 0 radical (unpaired) electrons. The van der Waals surface area contributed by atoms with E-state index in [-0.39, 0.29) is 25.0 Å². The van der Waals surface area contributed by atoms with Gasteiger partial charge in [0.2, 0.25) is 12.7 Å². The van der Waals surface area contributed by atoms with Gasteiger partial charge in [-0.3, -0.25) is 9.59 Å². The van der Waals surface area contributed by atoms with Crippen LogP contribution in [0.5, 0.6) is 11.5 Å². The quantitative estimate of drug-likeness (QED) is 0.642. The summed E-state index contributed by atoms with van der Waals surface area (Å²) < 4.78 is 15.9. The Morgan fingerprint density at radius 1 is 0.966 bits per heavy atom. The smallest absolute Gasteiger partial charge is 0.253 e. The second-order valence-corrected chi connectivity index (χ2v) is 6.54. The Bertz CT molecular complexity index is 1010. The number of carbonyl (C=O) groups excluding carboxylic acids is 2. The van der Waals surface area contributed by atoms with Crippen molar-refractivity contribution in [2.24, 2.45) is 0 Å². The number of benzene rings is 2. The van der Waals surface area contributed by atoms with Gasteiger partial charge < -0.3 is 24.5 Å². The monoisotopic (exact) mass is 392 g/mol. The van der Waals surface area contributed by atoms with Gasteiger partial charge >= 0.3 is 0 Å². The molecule has 2 N–H and O–H groups in total. The molecule has 0 aliphatic carbocycles. The molecule has 1 aliphatic heterocycles. The number of rotatable bonds is 7. The van der Waals surface area contributed by atoms with Crippen molar-refractivity contribution >= 4 is 17.5 Å². The third-order valence-electron chi connectivity index (χ3n) is 4.51. The predicted octanol–water partition coefficient (Wildman–Crippen LogP) is 3.51. The van der Waals surface area contributed by atoms with Gasteiger partial charge in [-0.25, -0.2) is 0 Å². The SMILES string of the molecule is O=C(CCc1ccco1)Nc1ccccc1C(=O)NCc1ccc2c(c1)OCO2. The zero-order valence-electron chi connectivity index (χ0n) is 15.6. The molecule has 2 amide bonds. The fourth-order valence-electron chi connectivity index (χ4n) is 3.02. The van der Waals surface area contributed by atoms with Crippen molar-refractivity contribution in [2.75, 3.05) is 12.1 Å². The third-order valence-corrected chi connectivity index (χ3v) is 4.51. The highest BCUT2D eigenvalue weighted by molar-refractivity contribution is 6.03. The molecule has 29 heavy (non-hydrogen) atoms. The Morgan fingerprint density at radius 2 is 1.83 bits per heavy atom. The molecule has 2 aromatic carbocycles. The van der Waals surface area contributed by atoms with Gasteiger partial charge in [0.25, 0.3) is 5.91 Å². The Balaban J connectivity index is 1.36. The number of hydrogen-bond donors (Lipinski definition) is 2. The minimum absolute atomic E-state index is 0.183. The van der Waals surface area contributed by atoms with Crippen LogP contribution < -0.4 is 20.1 Å². The summed E-state index contributed by atoms with van der Waals surface area (Å²) in [7, 11) is 0. The molecule has 1 aromatic heterocycles. The highest BCUT2D eigenvalue weighted by Crippen LogP contribution is 2.32. The molecule has 1 aliphatic rings. The van der Waals surface area contributed by atoms with Gasteiger partial charge in [0.1, 0.15) is 5.76 Å². The molecule has 0 fully saturated rings. The van der Waals surface area contributed by atoms with Gasteiger partial charge in [-0.1, -0.05) is 18.2 Å². The maximum atomic E-state index is 12.7. The average Bonchev–Trinajstić information content (AvgIpc) is 3.42. The van der Waals surface area contributed by atoms with Gasteiger partial charge in [0, 0.05) is 19.4 Å². The van der Waals surface area contributed by atoms with E-state index in [0.29, 0.717) is 35.7 Å². The Labute approximate surface area is 167 Å². The number of anilines is 1. The minimum Gasteiger partial charge on any atom is -0.469 e. The number of aryl methyl sites for hydroxylation is 1. The normalized spacial score (nSPS) is 11.9. The number of amides is 2. The molecule has 7 heteroatoms. The van der Waals surface area contributed by atoms with Crippen molar-refractivity contribution in [3.8, 4) is 11.5 Å². The van der Waals surface area contributed by atoms with Crippen LogP contribution in [0.3, 0.4) is 0 Å². The number of furan rings is 1. The number of hydrogen-bond acceptors (Lipinski definition) is 5. The molecule has 7 nitrogen and oxygen atoms in total. The highest BCUT2D eigenvalue weighted by atomic mass is 16.7. The molecule has 2 heterocycles. The van der Waals surface area contributed by atoms with Crippen LogP contribution in [-0.2, 0) is 17.8 Å². The lowest BCUT2D eigenvalue weighted by atomic mass is 10.1. The first-order chi connectivity index (χ1) is 14.2. The minimum atomic E-state index is -0.274. The number of fused-ring (bicyclic) bond motifs is 1. The van der Waals surface area contributed by atoms with Gasteiger partial charge in [0.15, 0.2) is 11.5 Å².